The molecule has 0 radical (unpaired) electrons. The summed E-state index contributed by atoms with van der Waals surface area (Å²) in [6, 6.07) is 12.4. The second-order valence-electron chi connectivity index (χ2n) is 7.01. The van der Waals surface area contributed by atoms with Gasteiger partial charge in [0.15, 0.2) is 0 Å². The van der Waals surface area contributed by atoms with Crippen molar-refractivity contribution in [2.24, 2.45) is 5.92 Å². The molecule has 0 aliphatic heterocycles. The van der Waals surface area contributed by atoms with E-state index in [1.807, 2.05) is 18.2 Å². The predicted molar refractivity (Wildman–Crippen MR) is 99.9 cm³/mol. The molecular formula is C21H26N2O2. The number of nitrogens with zero attached hydrogens (tertiary/aromatic N) is 2. The van der Waals surface area contributed by atoms with E-state index in [9.17, 15) is 4.79 Å². The Hall–Kier alpha value is -2.36. The first-order valence-corrected chi connectivity index (χ1v) is 9.04. The standard InChI is InChI=1S/C21H26N2O2/c1-15(2)14-23-20(16-9-5-4-6-10-16)13-19(22-23)17-11-7-8-12-18(17)21(24)25-3/h4-6,9-10,13,15H,7-8,11-12,14H2,1-3H3. The van der Waals surface area contributed by atoms with Crippen LogP contribution in [-0.4, -0.2) is 22.9 Å². The maximum Gasteiger partial charge on any atom is 0.334 e. The maximum atomic E-state index is 12.2. The van der Waals surface area contributed by atoms with Crippen LogP contribution in [0.25, 0.3) is 16.8 Å². The van der Waals surface area contributed by atoms with Gasteiger partial charge >= 0.3 is 5.97 Å². The van der Waals surface area contributed by atoms with Crippen molar-refractivity contribution < 1.29 is 9.53 Å². The van der Waals surface area contributed by atoms with Crippen molar-refractivity contribution in [3.63, 3.8) is 0 Å². The normalized spacial score (nSPS) is 14.9. The van der Waals surface area contributed by atoms with Crippen LogP contribution >= 0.6 is 0 Å². The van der Waals surface area contributed by atoms with E-state index in [1.165, 1.54) is 7.11 Å². The minimum absolute atomic E-state index is 0.214. The summed E-state index contributed by atoms with van der Waals surface area (Å²) in [6.45, 7) is 5.23. The first kappa shape index (κ1) is 17.5. The van der Waals surface area contributed by atoms with Gasteiger partial charge in [0, 0.05) is 12.1 Å². The average Bonchev–Trinajstić information content (AvgIpc) is 3.04. The molecule has 0 atom stereocenters. The summed E-state index contributed by atoms with van der Waals surface area (Å²) in [5, 5.41) is 4.87. The highest BCUT2D eigenvalue weighted by atomic mass is 16.5. The van der Waals surface area contributed by atoms with Gasteiger partial charge in [0.1, 0.15) is 0 Å². The Morgan fingerprint density at radius 2 is 1.92 bits per heavy atom. The number of ether oxygens (including phenoxy) is 1. The molecular weight excluding hydrogens is 312 g/mol. The summed E-state index contributed by atoms with van der Waals surface area (Å²) in [5.74, 6) is 0.282. The van der Waals surface area contributed by atoms with E-state index < -0.39 is 0 Å². The molecule has 25 heavy (non-hydrogen) atoms. The van der Waals surface area contributed by atoms with Crippen molar-refractivity contribution in [3.05, 3.63) is 47.7 Å². The van der Waals surface area contributed by atoms with Crippen LogP contribution in [0.2, 0.25) is 0 Å². The molecule has 0 amide bonds. The van der Waals surface area contributed by atoms with E-state index >= 15 is 0 Å². The fraction of sp³-hybridized carbons (Fsp3) is 0.429. The average molecular weight is 338 g/mol. The van der Waals surface area contributed by atoms with Gasteiger partial charge in [-0.3, -0.25) is 4.68 Å². The Morgan fingerprint density at radius 3 is 2.60 bits per heavy atom. The van der Waals surface area contributed by atoms with E-state index in [4.69, 9.17) is 9.84 Å². The molecule has 0 N–H and O–H groups in total. The molecule has 0 spiro atoms. The lowest BCUT2D eigenvalue weighted by atomic mass is 9.89. The zero-order valence-corrected chi connectivity index (χ0v) is 15.3. The topological polar surface area (TPSA) is 44.1 Å². The maximum absolute atomic E-state index is 12.2. The van der Waals surface area contributed by atoms with Gasteiger partial charge < -0.3 is 4.74 Å². The Labute approximate surface area is 149 Å². The number of hydrogen-bond acceptors (Lipinski definition) is 3. The molecule has 4 nitrogen and oxygen atoms in total. The van der Waals surface area contributed by atoms with Gasteiger partial charge in [-0.1, -0.05) is 44.2 Å². The van der Waals surface area contributed by atoms with Crippen molar-refractivity contribution >= 4 is 11.5 Å². The second-order valence-corrected chi connectivity index (χ2v) is 7.01. The van der Waals surface area contributed by atoms with Gasteiger partial charge in [0.25, 0.3) is 0 Å². The number of carbonyl (C=O) groups excluding carboxylic acids is 1. The summed E-state index contributed by atoms with van der Waals surface area (Å²) in [6.07, 6.45) is 3.79. The minimum Gasteiger partial charge on any atom is -0.466 e. The van der Waals surface area contributed by atoms with Gasteiger partial charge in [-0.2, -0.15) is 5.10 Å². The third-order valence-corrected chi connectivity index (χ3v) is 4.60. The Morgan fingerprint density at radius 1 is 1.20 bits per heavy atom. The fourth-order valence-electron chi connectivity index (χ4n) is 3.43. The van der Waals surface area contributed by atoms with Crippen LogP contribution < -0.4 is 0 Å². The highest BCUT2D eigenvalue weighted by Gasteiger charge is 2.23. The number of benzene rings is 1. The van der Waals surface area contributed by atoms with Crippen molar-refractivity contribution in [2.75, 3.05) is 7.11 Å². The number of aromatic nitrogens is 2. The highest BCUT2D eigenvalue weighted by molar-refractivity contribution is 5.97. The van der Waals surface area contributed by atoms with Crippen LogP contribution in [0.4, 0.5) is 0 Å². The molecule has 0 saturated heterocycles. The third kappa shape index (κ3) is 3.84. The molecule has 1 aliphatic carbocycles. The van der Waals surface area contributed by atoms with E-state index in [-0.39, 0.29) is 5.97 Å². The van der Waals surface area contributed by atoms with Crippen LogP contribution in [0, 0.1) is 5.92 Å². The van der Waals surface area contributed by atoms with Gasteiger partial charge in [0.05, 0.1) is 18.5 Å². The van der Waals surface area contributed by atoms with Gasteiger partial charge in [-0.25, -0.2) is 4.79 Å². The number of hydrogen-bond donors (Lipinski definition) is 0. The lowest BCUT2D eigenvalue weighted by Gasteiger charge is -2.17. The van der Waals surface area contributed by atoms with Crippen LogP contribution in [0.1, 0.15) is 45.2 Å². The fourth-order valence-corrected chi connectivity index (χ4v) is 3.43. The van der Waals surface area contributed by atoms with Crippen molar-refractivity contribution in [1.82, 2.24) is 9.78 Å². The zero-order valence-electron chi connectivity index (χ0n) is 15.3. The van der Waals surface area contributed by atoms with Crippen LogP contribution in [0.5, 0.6) is 0 Å². The smallest absolute Gasteiger partial charge is 0.334 e. The Bertz CT molecular complexity index is 772. The molecule has 0 unspecified atom stereocenters. The lowest BCUT2D eigenvalue weighted by Crippen LogP contribution is -2.12. The second kappa shape index (κ2) is 7.68. The largest absolute Gasteiger partial charge is 0.466 e. The summed E-state index contributed by atoms with van der Waals surface area (Å²) in [5.41, 5.74) is 5.02. The Kier molecular flexibility index (Phi) is 5.37. The summed E-state index contributed by atoms with van der Waals surface area (Å²) in [4.78, 5) is 12.2. The third-order valence-electron chi connectivity index (χ3n) is 4.60. The number of rotatable bonds is 5. The molecule has 132 valence electrons. The quantitative estimate of drug-likeness (QED) is 0.742. The molecule has 2 aromatic rings. The molecule has 0 saturated carbocycles. The SMILES string of the molecule is COC(=O)C1=C(c2cc(-c3ccccc3)n(CC(C)C)n2)CCCC1. The summed E-state index contributed by atoms with van der Waals surface area (Å²) < 4.78 is 7.07. The van der Waals surface area contributed by atoms with Crippen LogP contribution in [0.15, 0.2) is 42.0 Å². The number of allylic oxidation sites excluding steroid dienone is 1. The Balaban J connectivity index is 2.09. The molecule has 1 aromatic carbocycles. The molecule has 0 bridgehead atoms. The first-order valence-electron chi connectivity index (χ1n) is 9.04. The molecule has 1 aromatic heterocycles. The van der Waals surface area contributed by atoms with Crippen LogP contribution in [0.3, 0.4) is 0 Å². The number of carbonyl (C=O) groups is 1. The monoisotopic (exact) mass is 338 g/mol. The zero-order chi connectivity index (χ0) is 17.8. The summed E-state index contributed by atoms with van der Waals surface area (Å²) >= 11 is 0. The van der Waals surface area contributed by atoms with E-state index in [2.05, 4.69) is 36.7 Å². The first-order chi connectivity index (χ1) is 12.1. The van der Waals surface area contributed by atoms with Gasteiger partial charge in [-0.05, 0) is 48.8 Å². The predicted octanol–water partition coefficient (Wildman–Crippen LogP) is 4.71. The van der Waals surface area contributed by atoms with Crippen LogP contribution in [-0.2, 0) is 16.1 Å². The molecule has 4 heteroatoms. The van der Waals surface area contributed by atoms with Crippen molar-refractivity contribution in [1.29, 1.82) is 0 Å². The lowest BCUT2D eigenvalue weighted by molar-refractivity contribution is -0.136. The van der Waals surface area contributed by atoms with Crippen molar-refractivity contribution in [3.8, 4) is 11.3 Å². The number of methoxy groups -OCH3 is 1. The highest BCUT2D eigenvalue weighted by Crippen LogP contribution is 2.34. The summed E-state index contributed by atoms with van der Waals surface area (Å²) in [7, 11) is 1.45. The van der Waals surface area contributed by atoms with E-state index in [0.29, 0.717) is 5.92 Å². The van der Waals surface area contributed by atoms with Gasteiger partial charge in [-0.15, -0.1) is 0 Å². The van der Waals surface area contributed by atoms with Crippen molar-refractivity contribution in [2.45, 2.75) is 46.1 Å². The van der Waals surface area contributed by atoms with Gasteiger partial charge in [0.2, 0.25) is 0 Å². The molecule has 0 fully saturated rings. The molecule has 1 aliphatic rings. The minimum atomic E-state index is -0.214. The molecule has 1 heterocycles. The van der Waals surface area contributed by atoms with E-state index in [1.54, 1.807) is 0 Å². The van der Waals surface area contributed by atoms with E-state index in [0.717, 1.165) is 60.3 Å². The number of esters is 1. The molecule has 3 rings (SSSR count).